The smallest absolute Gasteiger partial charge is 0.137 e. The number of fused-ring (bicyclic) bond motifs is 3. The van der Waals surface area contributed by atoms with Gasteiger partial charge in [0.05, 0.1) is 22.4 Å². The lowest BCUT2D eigenvalue weighted by molar-refractivity contribution is 0.445. The molecule has 0 aliphatic heterocycles. The number of nitrogens with zero attached hydrogens (tertiary/aromatic N) is 4. The van der Waals surface area contributed by atoms with Crippen LogP contribution in [0.5, 0.6) is 11.5 Å². The maximum Gasteiger partial charge on any atom is 0.137 e. The van der Waals surface area contributed by atoms with Gasteiger partial charge in [-0.3, -0.25) is 4.57 Å². The SMILES string of the molecule is CCCc1nn(-c2cc(CC)cc(Oc3ccc4c5ccccc5n(-c5cc(C)ccn5)c4c3)c2)c(CCC)c1[C@@H]1C(C)=CCC[C@@H]1C. The van der Waals surface area contributed by atoms with Crippen LogP contribution in [0, 0.1) is 12.8 Å². The summed E-state index contributed by atoms with van der Waals surface area (Å²) in [4.78, 5) is 4.76. The zero-order chi connectivity index (χ0) is 33.4. The Morgan fingerprint density at radius 3 is 2.42 bits per heavy atom. The standard InChI is InChI=1S/C43H48N4O/c1-7-13-37-43(42-29(5)15-12-16-30(42)6)39(14-8-2)47(45-37)32-24-31(9-3)25-34(26-32)48-33-19-20-36-35-17-10-11-18-38(35)46(40(36)27-33)41-23-28(4)21-22-44-41/h10-11,15,17-27,30,42H,7-9,12-14,16H2,1-6H3/t30-,42+/m0/s1. The average molecular weight is 637 g/mol. The highest BCUT2D eigenvalue weighted by atomic mass is 16.5. The van der Waals surface area contributed by atoms with Crippen LogP contribution >= 0.6 is 0 Å². The van der Waals surface area contributed by atoms with E-state index >= 15 is 0 Å². The number of aryl methyl sites for hydroxylation is 3. The summed E-state index contributed by atoms with van der Waals surface area (Å²) in [5.74, 6) is 3.59. The Balaban J connectivity index is 1.34. The number of allylic oxidation sites excluding steroid dienone is 2. The Morgan fingerprint density at radius 2 is 1.65 bits per heavy atom. The summed E-state index contributed by atoms with van der Waals surface area (Å²) in [6.07, 6.45) is 11.8. The minimum Gasteiger partial charge on any atom is -0.457 e. The van der Waals surface area contributed by atoms with E-state index in [1.54, 1.807) is 0 Å². The highest BCUT2D eigenvalue weighted by Crippen LogP contribution is 2.43. The molecule has 0 amide bonds. The lowest BCUT2D eigenvalue weighted by Crippen LogP contribution is -2.18. The Hall–Kier alpha value is -4.64. The van der Waals surface area contributed by atoms with Crippen LogP contribution in [-0.2, 0) is 19.3 Å². The fraction of sp³-hybridized carbons (Fsp3) is 0.349. The third-order valence-corrected chi connectivity index (χ3v) is 10.1. The van der Waals surface area contributed by atoms with Gasteiger partial charge in [0.2, 0.25) is 0 Å². The molecule has 5 heteroatoms. The maximum atomic E-state index is 6.75. The highest BCUT2D eigenvalue weighted by molar-refractivity contribution is 6.09. The molecule has 0 radical (unpaired) electrons. The Morgan fingerprint density at radius 1 is 0.833 bits per heavy atom. The van der Waals surface area contributed by atoms with Gasteiger partial charge in [0, 0.05) is 46.3 Å². The number of hydrogen-bond acceptors (Lipinski definition) is 3. The second kappa shape index (κ2) is 13.5. The summed E-state index contributed by atoms with van der Waals surface area (Å²) < 4.78 is 11.3. The minimum atomic E-state index is 0.432. The van der Waals surface area contributed by atoms with Crippen molar-refractivity contribution >= 4 is 21.8 Å². The maximum absolute atomic E-state index is 6.75. The second-order valence-electron chi connectivity index (χ2n) is 13.7. The van der Waals surface area contributed by atoms with Crippen LogP contribution in [0.25, 0.3) is 33.3 Å². The summed E-state index contributed by atoms with van der Waals surface area (Å²) in [6.45, 7) is 13.6. The van der Waals surface area contributed by atoms with Crippen molar-refractivity contribution in [3.05, 3.63) is 119 Å². The van der Waals surface area contributed by atoms with E-state index in [0.29, 0.717) is 11.8 Å². The van der Waals surface area contributed by atoms with Crippen LogP contribution in [0.3, 0.4) is 0 Å². The predicted octanol–water partition coefficient (Wildman–Crippen LogP) is 11.4. The number of ether oxygens (including phenoxy) is 1. The Kier molecular flexibility index (Phi) is 8.96. The molecular formula is C43H48N4O. The van der Waals surface area contributed by atoms with Crippen LogP contribution < -0.4 is 4.74 Å². The molecule has 2 atom stereocenters. The van der Waals surface area contributed by atoms with Gasteiger partial charge in [-0.15, -0.1) is 0 Å². The first kappa shape index (κ1) is 31.9. The van der Waals surface area contributed by atoms with Crippen LogP contribution in [0.1, 0.15) is 94.3 Å². The predicted molar refractivity (Wildman–Crippen MR) is 199 cm³/mol. The summed E-state index contributed by atoms with van der Waals surface area (Å²) >= 11 is 0. The normalized spacial score (nSPS) is 16.5. The van der Waals surface area contributed by atoms with Crippen LogP contribution in [0.15, 0.2) is 90.6 Å². The third kappa shape index (κ3) is 5.85. The first-order valence-corrected chi connectivity index (χ1v) is 18.0. The van der Waals surface area contributed by atoms with Crippen LogP contribution in [0.4, 0.5) is 0 Å². The van der Waals surface area contributed by atoms with Crippen molar-refractivity contribution in [1.29, 1.82) is 0 Å². The fourth-order valence-corrected chi connectivity index (χ4v) is 7.88. The summed E-state index contributed by atoms with van der Waals surface area (Å²) in [5.41, 5.74) is 11.3. The van der Waals surface area contributed by atoms with Gasteiger partial charge in [-0.05, 0) is 105 Å². The molecule has 7 rings (SSSR count). The van der Waals surface area contributed by atoms with E-state index in [0.717, 1.165) is 66.1 Å². The molecule has 0 spiro atoms. The van der Waals surface area contributed by atoms with Gasteiger partial charge >= 0.3 is 0 Å². The molecule has 0 bridgehead atoms. The highest BCUT2D eigenvalue weighted by Gasteiger charge is 2.31. The van der Waals surface area contributed by atoms with Crippen molar-refractivity contribution in [2.45, 2.75) is 92.4 Å². The lowest BCUT2D eigenvalue weighted by atomic mass is 9.74. The molecule has 0 saturated heterocycles. The number of para-hydroxylation sites is 1. The van der Waals surface area contributed by atoms with E-state index in [1.807, 2.05) is 12.3 Å². The summed E-state index contributed by atoms with van der Waals surface area (Å²) in [5, 5.41) is 7.78. The molecule has 246 valence electrons. The molecule has 3 heterocycles. The van der Waals surface area contributed by atoms with E-state index in [-0.39, 0.29) is 0 Å². The topological polar surface area (TPSA) is 44.9 Å². The Labute approximate surface area is 285 Å². The number of benzene rings is 3. The monoisotopic (exact) mass is 636 g/mol. The molecule has 5 nitrogen and oxygen atoms in total. The van der Waals surface area contributed by atoms with Crippen molar-refractivity contribution in [3.63, 3.8) is 0 Å². The molecule has 6 aromatic rings. The zero-order valence-electron chi connectivity index (χ0n) is 29.4. The van der Waals surface area contributed by atoms with Crippen molar-refractivity contribution in [2.24, 2.45) is 5.92 Å². The summed E-state index contributed by atoms with van der Waals surface area (Å²) in [6, 6.07) is 25.8. The molecule has 0 N–H and O–H groups in total. The first-order valence-electron chi connectivity index (χ1n) is 18.0. The van der Waals surface area contributed by atoms with Gasteiger partial charge in [0.25, 0.3) is 0 Å². The fourth-order valence-electron chi connectivity index (χ4n) is 7.88. The molecule has 3 aromatic heterocycles. The Bertz CT molecular complexity index is 2130. The number of hydrogen-bond donors (Lipinski definition) is 0. The van der Waals surface area contributed by atoms with E-state index < -0.39 is 0 Å². The van der Waals surface area contributed by atoms with Gasteiger partial charge < -0.3 is 4.74 Å². The van der Waals surface area contributed by atoms with E-state index in [9.17, 15) is 0 Å². The first-order chi connectivity index (χ1) is 23.4. The molecule has 0 saturated carbocycles. The van der Waals surface area contributed by atoms with Crippen molar-refractivity contribution in [1.82, 2.24) is 19.3 Å². The van der Waals surface area contributed by atoms with Gasteiger partial charge in [0.15, 0.2) is 0 Å². The van der Waals surface area contributed by atoms with E-state index in [2.05, 4.69) is 124 Å². The number of aromatic nitrogens is 4. The molecule has 48 heavy (non-hydrogen) atoms. The quantitative estimate of drug-likeness (QED) is 0.141. The van der Waals surface area contributed by atoms with Gasteiger partial charge in [-0.2, -0.15) is 5.10 Å². The lowest BCUT2D eigenvalue weighted by Gasteiger charge is -2.30. The van der Waals surface area contributed by atoms with Crippen molar-refractivity contribution < 1.29 is 4.74 Å². The third-order valence-electron chi connectivity index (χ3n) is 10.1. The van der Waals surface area contributed by atoms with E-state index in [4.69, 9.17) is 14.8 Å². The largest absolute Gasteiger partial charge is 0.457 e. The zero-order valence-corrected chi connectivity index (χ0v) is 29.4. The molecule has 0 fully saturated rings. The average Bonchev–Trinajstić information content (AvgIpc) is 3.60. The van der Waals surface area contributed by atoms with Crippen LogP contribution in [0.2, 0.25) is 0 Å². The molecule has 1 aliphatic rings. The molecular weight excluding hydrogens is 589 g/mol. The van der Waals surface area contributed by atoms with Gasteiger partial charge in [-0.1, -0.05) is 70.4 Å². The van der Waals surface area contributed by atoms with Crippen molar-refractivity contribution in [3.8, 4) is 23.0 Å². The summed E-state index contributed by atoms with van der Waals surface area (Å²) in [7, 11) is 0. The molecule has 0 unspecified atom stereocenters. The number of pyridine rings is 1. The molecule has 3 aromatic carbocycles. The number of rotatable bonds is 10. The van der Waals surface area contributed by atoms with Gasteiger partial charge in [0.1, 0.15) is 17.3 Å². The minimum absolute atomic E-state index is 0.432. The van der Waals surface area contributed by atoms with Crippen LogP contribution in [-0.4, -0.2) is 19.3 Å². The second-order valence-corrected chi connectivity index (χ2v) is 13.7. The van der Waals surface area contributed by atoms with Gasteiger partial charge in [-0.25, -0.2) is 9.67 Å². The van der Waals surface area contributed by atoms with E-state index in [1.165, 1.54) is 57.3 Å². The molecule has 1 aliphatic carbocycles. The van der Waals surface area contributed by atoms with Crippen molar-refractivity contribution in [2.75, 3.05) is 0 Å².